The number of carbonyl (C=O) groups excluding carboxylic acids is 1. The summed E-state index contributed by atoms with van der Waals surface area (Å²) in [7, 11) is -3.81. The van der Waals surface area contributed by atoms with E-state index in [9.17, 15) is 13.2 Å². The van der Waals surface area contributed by atoms with Crippen molar-refractivity contribution < 1.29 is 22.1 Å². The van der Waals surface area contributed by atoms with Crippen LogP contribution in [0.4, 0.5) is 4.79 Å². The van der Waals surface area contributed by atoms with Crippen molar-refractivity contribution in [3.05, 3.63) is 65.7 Å². The van der Waals surface area contributed by atoms with Crippen LogP contribution in [-0.4, -0.2) is 32.2 Å². The summed E-state index contributed by atoms with van der Waals surface area (Å²) in [4.78, 5) is 15.7. The van der Waals surface area contributed by atoms with Gasteiger partial charge >= 0.3 is 6.09 Å². The predicted octanol–water partition coefficient (Wildman–Crippen LogP) is 3.86. The summed E-state index contributed by atoms with van der Waals surface area (Å²) in [5.41, 5.74) is 1.91. The van der Waals surface area contributed by atoms with Gasteiger partial charge < -0.3 is 4.74 Å². The normalized spacial score (nSPS) is 17.0. The third kappa shape index (κ3) is 4.20. The minimum atomic E-state index is -3.81. The summed E-state index contributed by atoms with van der Waals surface area (Å²) in [6.45, 7) is 0.111. The maximum atomic E-state index is 12.1. The molecule has 1 aliphatic heterocycles. The Morgan fingerprint density at radius 1 is 1.08 bits per heavy atom. The van der Waals surface area contributed by atoms with E-state index in [1.165, 1.54) is 12.1 Å². The molecule has 0 fully saturated rings. The molecule has 2 aromatic rings. The number of hydrogen-bond donors (Lipinski definition) is 0. The molecule has 26 heavy (non-hydrogen) atoms. The number of benzene rings is 2. The Kier molecular flexibility index (Phi) is 5.85. The van der Waals surface area contributed by atoms with Gasteiger partial charge in [0.1, 0.15) is 5.71 Å². The fourth-order valence-corrected chi connectivity index (χ4v) is 3.66. The van der Waals surface area contributed by atoms with Crippen molar-refractivity contribution in [2.45, 2.75) is 17.4 Å². The molecule has 0 N–H and O–H groups in total. The van der Waals surface area contributed by atoms with Gasteiger partial charge in [0, 0.05) is 10.9 Å². The van der Waals surface area contributed by atoms with Crippen molar-refractivity contribution in [1.29, 1.82) is 0 Å². The molecule has 6 nitrogen and oxygen atoms in total. The number of alkyl halides is 1. The number of cyclic esters (lactones) is 1. The Balaban J connectivity index is 1.82. The number of hydrogen-bond acceptors (Lipinski definition) is 5. The molecule has 1 atom stereocenters. The van der Waals surface area contributed by atoms with Gasteiger partial charge in [-0.1, -0.05) is 58.4 Å². The van der Waals surface area contributed by atoms with Crippen LogP contribution in [0.3, 0.4) is 0 Å². The van der Waals surface area contributed by atoms with Gasteiger partial charge in [0.25, 0.3) is 10.1 Å². The first kappa shape index (κ1) is 18.8. The van der Waals surface area contributed by atoms with Crippen LogP contribution in [-0.2, 0) is 19.0 Å². The molecule has 0 saturated carbocycles. The largest absolute Gasteiger partial charge is 0.435 e. The lowest BCUT2D eigenvalue weighted by Crippen LogP contribution is -2.12. The first-order chi connectivity index (χ1) is 12.5. The van der Waals surface area contributed by atoms with Crippen LogP contribution in [0.5, 0.6) is 0 Å². The third-order valence-electron chi connectivity index (χ3n) is 3.74. The number of aliphatic imine (C=N–C) groups is 1. The Morgan fingerprint density at radius 3 is 2.42 bits per heavy atom. The number of rotatable bonds is 7. The minimum Gasteiger partial charge on any atom is -0.433 e. The molecular weight excluding hydrogens is 422 g/mol. The molecule has 1 aliphatic rings. The molecule has 0 radical (unpaired) electrons. The van der Waals surface area contributed by atoms with Crippen molar-refractivity contribution in [2.24, 2.45) is 4.99 Å². The fourth-order valence-electron chi connectivity index (χ4n) is 2.49. The van der Waals surface area contributed by atoms with Crippen LogP contribution in [0.25, 0.3) is 0 Å². The molecule has 2 aromatic carbocycles. The molecule has 0 saturated heterocycles. The Labute approximate surface area is 160 Å². The summed E-state index contributed by atoms with van der Waals surface area (Å²) < 4.78 is 34.5. The SMILES string of the molecule is O=C1N=C(c2ccccc2)C(c2ccc(S(=O)(=O)OCCCBr)cc2)O1. The fraction of sp³-hybridized carbons (Fsp3) is 0.222. The van der Waals surface area contributed by atoms with Crippen LogP contribution in [0.2, 0.25) is 0 Å². The highest BCUT2D eigenvalue weighted by molar-refractivity contribution is 9.09. The summed E-state index contributed by atoms with van der Waals surface area (Å²) in [5.74, 6) is 0. The van der Waals surface area contributed by atoms with Gasteiger partial charge in [0.2, 0.25) is 0 Å². The van der Waals surface area contributed by atoms with Gasteiger partial charge in [-0.05, 0) is 24.1 Å². The van der Waals surface area contributed by atoms with Crippen molar-refractivity contribution in [3.63, 3.8) is 0 Å². The molecule has 0 bridgehead atoms. The molecule has 3 rings (SSSR count). The second kappa shape index (κ2) is 8.11. The summed E-state index contributed by atoms with van der Waals surface area (Å²) in [6, 6.07) is 15.3. The Bertz CT molecular complexity index is 910. The lowest BCUT2D eigenvalue weighted by atomic mass is 9.99. The van der Waals surface area contributed by atoms with Crippen LogP contribution in [0.15, 0.2) is 64.5 Å². The predicted molar refractivity (Wildman–Crippen MR) is 100 cm³/mol. The summed E-state index contributed by atoms with van der Waals surface area (Å²) >= 11 is 3.22. The van der Waals surface area contributed by atoms with Gasteiger partial charge in [-0.3, -0.25) is 4.18 Å². The quantitative estimate of drug-likeness (QED) is 0.373. The number of carbonyl (C=O) groups is 1. The average Bonchev–Trinajstić information content (AvgIpc) is 3.04. The standard InChI is InChI=1S/C18H16BrNO5S/c19-11-4-12-24-26(22,23)15-9-7-14(8-10-15)17-16(20-18(21)25-17)13-5-2-1-3-6-13/h1-3,5-10,17H,4,11-12H2. The van der Waals surface area contributed by atoms with E-state index >= 15 is 0 Å². The average molecular weight is 438 g/mol. The van der Waals surface area contributed by atoms with E-state index in [-0.39, 0.29) is 11.5 Å². The van der Waals surface area contributed by atoms with E-state index in [0.29, 0.717) is 23.0 Å². The molecule has 0 aromatic heterocycles. The minimum absolute atomic E-state index is 0.0540. The van der Waals surface area contributed by atoms with Gasteiger partial charge in [0.15, 0.2) is 6.10 Å². The molecule has 0 aliphatic carbocycles. The smallest absolute Gasteiger partial charge is 0.433 e. The second-order valence-electron chi connectivity index (χ2n) is 5.51. The van der Waals surface area contributed by atoms with E-state index in [0.717, 1.165) is 5.56 Å². The molecule has 8 heteroatoms. The second-order valence-corrected chi connectivity index (χ2v) is 7.92. The highest BCUT2D eigenvalue weighted by Crippen LogP contribution is 2.29. The summed E-state index contributed by atoms with van der Waals surface area (Å²) in [5, 5.41) is 0.663. The van der Waals surface area contributed by atoms with Crippen molar-refractivity contribution in [1.82, 2.24) is 0 Å². The van der Waals surface area contributed by atoms with Crippen LogP contribution >= 0.6 is 15.9 Å². The lowest BCUT2D eigenvalue weighted by Gasteiger charge is -2.13. The first-order valence-electron chi connectivity index (χ1n) is 7.91. The third-order valence-corrected chi connectivity index (χ3v) is 5.62. The highest BCUT2D eigenvalue weighted by Gasteiger charge is 2.31. The molecular formula is C18H16BrNO5S. The number of amides is 1. The van der Waals surface area contributed by atoms with Crippen molar-refractivity contribution >= 4 is 37.9 Å². The van der Waals surface area contributed by atoms with Crippen molar-refractivity contribution in [3.8, 4) is 0 Å². The Hall–Kier alpha value is -2.03. The van der Waals surface area contributed by atoms with Crippen LogP contribution in [0.1, 0.15) is 23.7 Å². The van der Waals surface area contributed by atoms with Crippen LogP contribution in [0, 0.1) is 0 Å². The molecule has 0 spiro atoms. The van der Waals surface area contributed by atoms with Gasteiger partial charge in [-0.25, -0.2) is 4.79 Å². The van der Waals surface area contributed by atoms with E-state index < -0.39 is 22.3 Å². The zero-order valence-electron chi connectivity index (χ0n) is 13.7. The summed E-state index contributed by atoms with van der Waals surface area (Å²) in [6.07, 6.45) is -0.744. The molecule has 1 heterocycles. The van der Waals surface area contributed by atoms with Gasteiger partial charge in [-0.15, -0.1) is 0 Å². The number of halogens is 1. The zero-order valence-corrected chi connectivity index (χ0v) is 16.1. The van der Waals surface area contributed by atoms with Gasteiger partial charge in [0.05, 0.1) is 11.5 Å². The lowest BCUT2D eigenvalue weighted by molar-refractivity contribution is 0.149. The number of ether oxygens (including phenoxy) is 1. The Morgan fingerprint density at radius 2 is 1.77 bits per heavy atom. The van der Waals surface area contributed by atoms with E-state index in [1.807, 2.05) is 30.3 Å². The topological polar surface area (TPSA) is 82.0 Å². The zero-order chi connectivity index (χ0) is 18.6. The molecule has 136 valence electrons. The van der Waals surface area contributed by atoms with E-state index in [2.05, 4.69) is 20.9 Å². The maximum Gasteiger partial charge on any atom is 0.435 e. The highest BCUT2D eigenvalue weighted by atomic mass is 79.9. The molecule has 1 amide bonds. The van der Waals surface area contributed by atoms with Crippen LogP contribution < -0.4 is 0 Å². The van der Waals surface area contributed by atoms with Gasteiger partial charge in [-0.2, -0.15) is 13.4 Å². The first-order valence-corrected chi connectivity index (χ1v) is 10.4. The van der Waals surface area contributed by atoms with E-state index in [1.54, 1.807) is 12.1 Å². The van der Waals surface area contributed by atoms with E-state index in [4.69, 9.17) is 8.92 Å². The van der Waals surface area contributed by atoms with Crippen molar-refractivity contribution in [2.75, 3.05) is 11.9 Å². The monoisotopic (exact) mass is 437 g/mol. The maximum absolute atomic E-state index is 12.1. The number of nitrogens with zero attached hydrogens (tertiary/aromatic N) is 1. The molecule has 1 unspecified atom stereocenters.